The van der Waals surface area contributed by atoms with Crippen LogP contribution in [0.1, 0.15) is 15.9 Å². The zero-order chi connectivity index (χ0) is 22.3. The quantitative estimate of drug-likeness (QED) is 0.565. The molecule has 32 heavy (non-hydrogen) atoms. The molecule has 2 amide bonds. The molecule has 4 rings (SSSR count). The van der Waals surface area contributed by atoms with Gasteiger partial charge in [0.25, 0.3) is 5.91 Å². The lowest BCUT2D eigenvalue weighted by atomic mass is 10.1. The molecule has 0 radical (unpaired) electrons. The summed E-state index contributed by atoms with van der Waals surface area (Å²) >= 11 is 6.52. The Labute approximate surface area is 192 Å². The van der Waals surface area contributed by atoms with Gasteiger partial charge in [-0.1, -0.05) is 60.1 Å². The van der Waals surface area contributed by atoms with E-state index in [0.717, 1.165) is 11.3 Å². The van der Waals surface area contributed by atoms with Gasteiger partial charge in [0.2, 0.25) is 5.91 Å². The molecular formula is C26H24ClN3O2. The van der Waals surface area contributed by atoms with E-state index in [2.05, 4.69) is 10.2 Å². The van der Waals surface area contributed by atoms with E-state index in [1.807, 2.05) is 77.7 Å². The van der Waals surface area contributed by atoms with Gasteiger partial charge in [-0.2, -0.15) is 0 Å². The van der Waals surface area contributed by atoms with Crippen molar-refractivity contribution in [2.75, 3.05) is 36.4 Å². The zero-order valence-electron chi connectivity index (χ0n) is 17.6. The normalized spacial score (nSPS) is 13.9. The fourth-order valence-electron chi connectivity index (χ4n) is 3.67. The highest BCUT2D eigenvalue weighted by Crippen LogP contribution is 2.30. The number of nitrogens with zero attached hydrogens (tertiary/aromatic N) is 2. The third kappa shape index (κ3) is 5.37. The number of anilines is 2. The van der Waals surface area contributed by atoms with Gasteiger partial charge in [0.05, 0.1) is 10.7 Å². The van der Waals surface area contributed by atoms with E-state index in [1.165, 1.54) is 6.08 Å². The summed E-state index contributed by atoms with van der Waals surface area (Å²) in [5.74, 6) is -0.163. The average Bonchev–Trinajstić information content (AvgIpc) is 2.84. The average molecular weight is 446 g/mol. The number of halogens is 1. The molecule has 0 aliphatic carbocycles. The summed E-state index contributed by atoms with van der Waals surface area (Å²) in [5, 5.41) is 3.41. The van der Waals surface area contributed by atoms with Crippen molar-refractivity contribution in [1.29, 1.82) is 0 Å². The summed E-state index contributed by atoms with van der Waals surface area (Å²) in [4.78, 5) is 28.9. The minimum atomic E-state index is -0.217. The van der Waals surface area contributed by atoms with Crippen LogP contribution in [0.15, 0.2) is 84.9 Å². The van der Waals surface area contributed by atoms with Crippen molar-refractivity contribution >= 4 is 40.9 Å². The van der Waals surface area contributed by atoms with E-state index in [1.54, 1.807) is 12.1 Å². The number of carbonyl (C=O) groups excluding carboxylic acids is 2. The third-order valence-corrected chi connectivity index (χ3v) is 5.67. The first-order valence-electron chi connectivity index (χ1n) is 10.5. The van der Waals surface area contributed by atoms with Crippen molar-refractivity contribution in [3.63, 3.8) is 0 Å². The molecule has 3 aromatic carbocycles. The summed E-state index contributed by atoms with van der Waals surface area (Å²) in [6.07, 6.45) is 3.27. The molecular weight excluding hydrogens is 422 g/mol. The molecule has 0 spiro atoms. The number of nitrogens with one attached hydrogen (secondary N) is 1. The van der Waals surface area contributed by atoms with Crippen LogP contribution in [0, 0.1) is 0 Å². The number of hydrogen-bond donors (Lipinski definition) is 1. The maximum Gasteiger partial charge on any atom is 0.253 e. The molecule has 0 saturated carbocycles. The summed E-state index contributed by atoms with van der Waals surface area (Å²) < 4.78 is 0. The number of hydrogen-bond acceptors (Lipinski definition) is 3. The van der Waals surface area contributed by atoms with Crippen molar-refractivity contribution in [2.45, 2.75) is 0 Å². The second-order valence-electron chi connectivity index (χ2n) is 7.54. The second-order valence-corrected chi connectivity index (χ2v) is 7.95. The highest BCUT2D eigenvalue weighted by atomic mass is 35.5. The van der Waals surface area contributed by atoms with Gasteiger partial charge < -0.3 is 15.1 Å². The fourth-order valence-corrected chi connectivity index (χ4v) is 3.97. The summed E-state index contributed by atoms with van der Waals surface area (Å²) in [5.41, 5.74) is 3.21. The van der Waals surface area contributed by atoms with Gasteiger partial charge in [-0.15, -0.1) is 0 Å². The van der Waals surface area contributed by atoms with Crippen molar-refractivity contribution in [3.8, 4) is 0 Å². The van der Waals surface area contributed by atoms with Gasteiger partial charge in [-0.05, 0) is 42.0 Å². The fraction of sp³-hybridized carbons (Fsp3) is 0.154. The standard InChI is InChI=1S/C26H24ClN3O2/c27-23-19-22(28-25(31)14-11-20-7-3-1-4-8-20)12-13-24(23)29-15-17-30(18-16-29)26(32)21-9-5-2-6-10-21/h1-14,19H,15-18H2,(H,28,31)/b14-11+. The Hall–Kier alpha value is -3.57. The summed E-state index contributed by atoms with van der Waals surface area (Å²) in [6.45, 7) is 2.66. The Morgan fingerprint density at radius 3 is 2.16 bits per heavy atom. The first-order chi connectivity index (χ1) is 15.6. The van der Waals surface area contributed by atoms with Crippen LogP contribution in [0.3, 0.4) is 0 Å². The van der Waals surface area contributed by atoms with Crippen LogP contribution in [0.4, 0.5) is 11.4 Å². The van der Waals surface area contributed by atoms with E-state index in [9.17, 15) is 9.59 Å². The highest BCUT2D eigenvalue weighted by Gasteiger charge is 2.23. The first kappa shape index (κ1) is 21.7. The van der Waals surface area contributed by atoms with Crippen LogP contribution in [-0.4, -0.2) is 42.9 Å². The Kier molecular flexibility index (Phi) is 6.87. The molecule has 1 aliphatic heterocycles. The summed E-state index contributed by atoms with van der Waals surface area (Å²) in [7, 11) is 0. The van der Waals surface area contributed by atoms with Crippen molar-refractivity contribution < 1.29 is 9.59 Å². The van der Waals surface area contributed by atoms with E-state index in [0.29, 0.717) is 42.5 Å². The van der Waals surface area contributed by atoms with Gasteiger partial charge in [0, 0.05) is 43.5 Å². The largest absolute Gasteiger partial charge is 0.367 e. The molecule has 3 aromatic rings. The summed E-state index contributed by atoms with van der Waals surface area (Å²) in [6, 6.07) is 24.5. The van der Waals surface area contributed by atoms with Crippen molar-refractivity contribution in [1.82, 2.24) is 4.90 Å². The van der Waals surface area contributed by atoms with Gasteiger partial charge in [-0.3, -0.25) is 9.59 Å². The van der Waals surface area contributed by atoms with Crippen LogP contribution in [0.2, 0.25) is 5.02 Å². The molecule has 0 unspecified atom stereocenters. The lowest BCUT2D eigenvalue weighted by Crippen LogP contribution is -2.48. The highest BCUT2D eigenvalue weighted by molar-refractivity contribution is 6.33. The molecule has 1 aliphatic rings. The molecule has 1 fully saturated rings. The zero-order valence-corrected chi connectivity index (χ0v) is 18.3. The molecule has 1 heterocycles. The van der Waals surface area contributed by atoms with Crippen LogP contribution >= 0.6 is 11.6 Å². The smallest absolute Gasteiger partial charge is 0.253 e. The Balaban J connectivity index is 1.34. The Morgan fingerprint density at radius 2 is 1.50 bits per heavy atom. The molecule has 0 atom stereocenters. The van der Waals surface area contributed by atoms with E-state index in [-0.39, 0.29) is 11.8 Å². The van der Waals surface area contributed by atoms with Crippen LogP contribution in [0.25, 0.3) is 6.08 Å². The predicted molar refractivity (Wildman–Crippen MR) is 130 cm³/mol. The first-order valence-corrected chi connectivity index (χ1v) is 10.9. The lowest BCUT2D eigenvalue weighted by Gasteiger charge is -2.36. The van der Waals surface area contributed by atoms with E-state index < -0.39 is 0 Å². The van der Waals surface area contributed by atoms with Crippen LogP contribution in [0.5, 0.6) is 0 Å². The molecule has 5 nitrogen and oxygen atoms in total. The molecule has 0 aromatic heterocycles. The second kappa shape index (κ2) is 10.2. The number of benzene rings is 3. The van der Waals surface area contributed by atoms with Crippen LogP contribution < -0.4 is 10.2 Å². The Bertz CT molecular complexity index is 1110. The number of rotatable bonds is 5. The predicted octanol–water partition coefficient (Wildman–Crippen LogP) is 4.95. The third-order valence-electron chi connectivity index (χ3n) is 5.37. The number of piperazine rings is 1. The maximum atomic E-state index is 12.6. The van der Waals surface area contributed by atoms with Gasteiger partial charge in [0.1, 0.15) is 0 Å². The molecule has 162 valence electrons. The van der Waals surface area contributed by atoms with Crippen molar-refractivity contribution in [3.05, 3.63) is 101 Å². The molecule has 6 heteroatoms. The number of carbonyl (C=O) groups is 2. The SMILES string of the molecule is O=C(/C=C/c1ccccc1)Nc1ccc(N2CCN(C(=O)c3ccccc3)CC2)c(Cl)c1. The minimum absolute atomic E-state index is 0.0537. The van der Waals surface area contributed by atoms with Crippen molar-refractivity contribution in [2.24, 2.45) is 0 Å². The topological polar surface area (TPSA) is 52.7 Å². The molecule has 1 saturated heterocycles. The van der Waals surface area contributed by atoms with E-state index in [4.69, 9.17) is 11.6 Å². The monoisotopic (exact) mass is 445 g/mol. The maximum absolute atomic E-state index is 12.6. The molecule has 0 bridgehead atoms. The Morgan fingerprint density at radius 1 is 0.844 bits per heavy atom. The van der Waals surface area contributed by atoms with Gasteiger partial charge in [0.15, 0.2) is 0 Å². The van der Waals surface area contributed by atoms with E-state index >= 15 is 0 Å². The van der Waals surface area contributed by atoms with Crippen LogP contribution in [-0.2, 0) is 4.79 Å². The minimum Gasteiger partial charge on any atom is -0.367 e. The van der Waals surface area contributed by atoms with Gasteiger partial charge in [-0.25, -0.2) is 0 Å². The lowest BCUT2D eigenvalue weighted by molar-refractivity contribution is -0.111. The number of amides is 2. The molecule has 1 N–H and O–H groups in total. The van der Waals surface area contributed by atoms with Gasteiger partial charge >= 0.3 is 0 Å².